The fraction of sp³-hybridized carbons (Fsp3) is 0.292. The van der Waals surface area contributed by atoms with E-state index in [0.717, 1.165) is 5.56 Å². The Morgan fingerprint density at radius 2 is 1.85 bits per heavy atom. The Labute approximate surface area is 197 Å². The van der Waals surface area contributed by atoms with Gasteiger partial charge in [-0.2, -0.15) is 8.42 Å². The second-order valence-electron chi connectivity index (χ2n) is 8.64. The molecule has 3 aromatic carbocycles. The van der Waals surface area contributed by atoms with Crippen molar-refractivity contribution in [2.75, 3.05) is 17.5 Å². The van der Waals surface area contributed by atoms with Crippen molar-refractivity contribution in [2.45, 2.75) is 32.5 Å². The van der Waals surface area contributed by atoms with Gasteiger partial charge in [0.05, 0.1) is 12.2 Å². The predicted molar refractivity (Wildman–Crippen MR) is 125 cm³/mol. The summed E-state index contributed by atoms with van der Waals surface area (Å²) in [5.41, 5.74) is -0.456. The van der Waals surface area contributed by atoms with Gasteiger partial charge in [0.2, 0.25) is 0 Å². The van der Waals surface area contributed by atoms with Gasteiger partial charge in [0, 0.05) is 11.8 Å². The number of carbonyl (C=O) groups excluding carboxylic acids is 1. The highest BCUT2D eigenvalue weighted by molar-refractivity contribution is 7.92. The molecular formula is C24H25FN2O6S. The minimum Gasteiger partial charge on any atom is -0.493 e. The highest BCUT2D eigenvalue weighted by atomic mass is 32.2. The zero-order chi connectivity index (χ0) is 24.5. The summed E-state index contributed by atoms with van der Waals surface area (Å²) >= 11 is 0. The lowest BCUT2D eigenvalue weighted by atomic mass is 10.1. The molecule has 3 aromatic rings. The minimum absolute atomic E-state index is 0.00961. The molecule has 8 nitrogen and oxygen atoms in total. The molecule has 1 amide bonds. The third-order valence-electron chi connectivity index (χ3n) is 5.28. The van der Waals surface area contributed by atoms with Crippen LogP contribution >= 0.6 is 0 Å². The SMILES string of the molecule is CC(C)(O)CCOc1ccc2cc(OCc3ccccc3)c(N3CC(=O)NS3(=O)=O)c(F)c2c1. The van der Waals surface area contributed by atoms with Crippen LogP contribution in [0.1, 0.15) is 25.8 Å². The lowest BCUT2D eigenvalue weighted by Crippen LogP contribution is -2.30. The number of hydrogen-bond donors (Lipinski definition) is 2. The Balaban J connectivity index is 1.75. The highest BCUT2D eigenvalue weighted by Crippen LogP contribution is 2.40. The van der Waals surface area contributed by atoms with E-state index in [9.17, 15) is 18.3 Å². The van der Waals surface area contributed by atoms with Crippen LogP contribution in [0.25, 0.3) is 10.8 Å². The first-order valence-corrected chi connectivity index (χ1v) is 12.1. The van der Waals surface area contributed by atoms with Crippen LogP contribution in [-0.4, -0.2) is 38.2 Å². The number of nitrogens with one attached hydrogen (secondary N) is 1. The highest BCUT2D eigenvalue weighted by Gasteiger charge is 2.38. The van der Waals surface area contributed by atoms with Gasteiger partial charge in [0.15, 0.2) is 5.82 Å². The average molecular weight is 489 g/mol. The number of halogens is 1. The van der Waals surface area contributed by atoms with E-state index < -0.39 is 34.1 Å². The lowest BCUT2D eigenvalue weighted by Gasteiger charge is -2.21. The Morgan fingerprint density at radius 1 is 1.12 bits per heavy atom. The first-order valence-electron chi connectivity index (χ1n) is 10.6. The van der Waals surface area contributed by atoms with Gasteiger partial charge in [0.1, 0.15) is 30.3 Å². The maximum atomic E-state index is 15.8. The molecule has 0 atom stereocenters. The summed E-state index contributed by atoms with van der Waals surface area (Å²) in [5, 5.41) is 10.4. The quantitative estimate of drug-likeness (QED) is 0.504. The molecule has 0 saturated carbocycles. The van der Waals surface area contributed by atoms with Crippen molar-refractivity contribution in [3.63, 3.8) is 0 Å². The van der Waals surface area contributed by atoms with Crippen molar-refractivity contribution < 1.29 is 32.2 Å². The van der Waals surface area contributed by atoms with E-state index in [-0.39, 0.29) is 30.0 Å². The van der Waals surface area contributed by atoms with Gasteiger partial charge < -0.3 is 14.6 Å². The zero-order valence-corrected chi connectivity index (χ0v) is 19.6. The van der Waals surface area contributed by atoms with Crippen LogP contribution < -0.4 is 18.5 Å². The Kier molecular flexibility index (Phi) is 6.37. The summed E-state index contributed by atoms with van der Waals surface area (Å²) in [4.78, 5) is 11.8. The summed E-state index contributed by atoms with van der Waals surface area (Å²) in [6.45, 7) is 3.04. The molecule has 34 heavy (non-hydrogen) atoms. The van der Waals surface area contributed by atoms with Crippen LogP contribution in [0.15, 0.2) is 54.6 Å². The smallest absolute Gasteiger partial charge is 0.326 e. The molecule has 0 spiro atoms. The van der Waals surface area contributed by atoms with Crippen molar-refractivity contribution in [3.05, 3.63) is 66.0 Å². The van der Waals surface area contributed by atoms with Gasteiger partial charge in [-0.15, -0.1) is 0 Å². The molecule has 1 saturated heterocycles. The predicted octanol–water partition coefficient (Wildman–Crippen LogP) is 3.28. The fourth-order valence-corrected chi connectivity index (χ4v) is 4.69. The molecule has 180 valence electrons. The first kappa shape index (κ1) is 23.8. The number of benzene rings is 3. The van der Waals surface area contributed by atoms with E-state index in [2.05, 4.69) is 0 Å². The van der Waals surface area contributed by atoms with E-state index in [1.807, 2.05) is 35.1 Å². The second-order valence-corrected chi connectivity index (χ2v) is 10.2. The first-order chi connectivity index (χ1) is 16.0. The molecule has 1 aliphatic rings. The van der Waals surface area contributed by atoms with Crippen LogP contribution in [0.4, 0.5) is 10.1 Å². The monoisotopic (exact) mass is 488 g/mol. The van der Waals surface area contributed by atoms with Gasteiger partial charge in [0.25, 0.3) is 5.91 Å². The second kappa shape index (κ2) is 9.11. The van der Waals surface area contributed by atoms with E-state index in [0.29, 0.717) is 21.9 Å². The third-order valence-corrected chi connectivity index (χ3v) is 6.66. The molecule has 1 aliphatic heterocycles. The van der Waals surface area contributed by atoms with E-state index in [1.54, 1.807) is 26.0 Å². The average Bonchev–Trinajstić information content (AvgIpc) is 3.04. The number of fused-ring (bicyclic) bond motifs is 1. The molecule has 10 heteroatoms. The molecule has 0 bridgehead atoms. The number of hydrogen-bond acceptors (Lipinski definition) is 6. The van der Waals surface area contributed by atoms with Gasteiger partial charge in [-0.1, -0.05) is 36.4 Å². The van der Waals surface area contributed by atoms with Gasteiger partial charge in [-0.25, -0.2) is 13.4 Å². The fourth-order valence-electron chi connectivity index (χ4n) is 3.53. The molecule has 1 fully saturated rings. The topological polar surface area (TPSA) is 105 Å². The standard InChI is InChI=1S/C24H25FN2O6S/c1-24(2,29)10-11-32-18-9-8-17-12-20(33-15-16-6-4-3-5-7-16)23(22(25)19(17)13-18)27-14-21(28)26-34(27,30)31/h3-9,12-13,29H,10-11,14-15H2,1-2H3,(H,26,28). The molecule has 0 unspecified atom stereocenters. The van der Waals surface area contributed by atoms with Crippen molar-refractivity contribution in [1.82, 2.24) is 4.72 Å². The minimum atomic E-state index is -4.27. The summed E-state index contributed by atoms with van der Waals surface area (Å²) in [6, 6.07) is 15.4. The number of carbonyl (C=O) groups is 1. The molecule has 0 aromatic heterocycles. The molecule has 2 N–H and O–H groups in total. The summed E-state index contributed by atoms with van der Waals surface area (Å²) in [7, 11) is -4.27. The molecule has 0 radical (unpaired) electrons. The summed E-state index contributed by atoms with van der Waals surface area (Å²) in [6.07, 6.45) is 0.366. The molecular weight excluding hydrogens is 463 g/mol. The van der Waals surface area contributed by atoms with Crippen LogP contribution in [0.2, 0.25) is 0 Å². The summed E-state index contributed by atoms with van der Waals surface area (Å²) < 4.78 is 54.9. The molecule has 0 aliphatic carbocycles. The number of rotatable bonds is 8. The zero-order valence-electron chi connectivity index (χ0n) is 18.7. The molecule has 1 heterocycles. The van der Waals surface area contributed by atoms with Crippen molar-refractivity contribution in [1.29, 1.82) is 0 Å². The Bertz CT molecular complexity index is 1320. The largest absolute Gasteiger partial charge is 0.493 e. The van der Waals surface area contributed by atoms with Crippen molar-refractivity contribution in [2.24, 2.45) is 0 Å². The van der Waals surface area contributed by atoms with Crippen LogP contribution in [-0.2, 0) is 21.6 Å². The number of amides is 1. The van der Waals surface area contributed by atoms with Gasteiger partial charge in [-0.3, -0.25) is 4.79 Å². The van der Waals surface area contributed by atoms with Crippen molar-refractivity contribution >= 4 is 32.6 Å². The number of nitrogens with zero attached hydrogens (tertiary/aromatic N) is 1. The van der Waals surface area contributed by atoms with E-state index >= 15 is 4.39 Å². The molecule has 4 rings (SSSR count). The Hall–Kier alpha value is -3.37. The van der Waals surface area contributed by atoms with E-state index in [4.69, 9.17) is 9.47 Å². The van der Waals surface area contributed by atoms with Gasteiger partial charge >= 0.3 is 10.2 Å². The van der Waals surface area contributed by atoms with Crippen molar-refractivity contribution in [3.8, 4) is 11.5 Å². The van der Waals surface area contributed by atoms with Crippen LogP contribution in [0.3, 0.4) is 0 Å². The number of aliphatic hydroxyl groups is 1. The maximum absolute atomic E-state index is 15.8. The van der Waals surface area contributed by atoms with Crippen LogP contribution in [0, 0.1) is 5.82 Å². The number of ether oxygens (including phenoxy) is 2. The maximum Gasteiger partial charge on any atom is 0.326 e. The third kappa shape index (κ3) is 5.23. The summed E-state index contributed by atoms with van der Waals surface area (Å²) in [5.74, 6) is -1.27. The normalized spacial score (nSPS) is 15.4. The van der Waals surface area contributed by atoms with Crippen LogP contribution in [0.5, 0.6) is 11.5 Å². The lowest BCUT2D eigenvalue weighted by molar-refractivity contribution is -0.117. The Morgan fingerprint density at radius 3 is 2.50 bits per heavy atom. The van der Waals surface area contributed by atoms with E-state index in [1.165, 1.54) is 12.1 Å². The van der Waals surface area contributed by atoms with Gasteiger partial charge in [-0.05, 0) is 43.0 Å². The number of anilines is 1.